The molecule has 0 spiro atoms. The van der Waals surface area contributed by atoms with E-state index in [0.717, 1.165) is 43.2 Å². The summed E-state index contributed by atoms with van der Waals surface area (Å²) in [4.78, 5) is 72.4. The third kappa shape index (κ3) is 10.7. The van der Waals surface area contributed by atoms with Crippen molar-refractivity contribution < 1.29 is 24.0 Å². The fourth-order valence-corrected chi connectivity index (χ4v) is 7.46. The summed E-state index contributed by atoms with van der Waals surface area (Å²) >= 11 is 1.46. The lowest BCUT2D eigenvalue weighted by atomic mass is 9.83. The first-order valence-corrected chi connectivity index (χ1v) is 17.7. The summed E-state index contributed by atoms with van der Waals surface area (Å²) in [5, 5.41) is 8.61. The monoisotopic (exact) mass is 668 g/mol. The molecule has 2 aliphatic heterocycles. The molecule has 1 aromatic carbocycles. The number of amides is 5. The highest BCUT2D eigenvalue weighted by Gasteiger charge is 2.39. The van der Waals surface area contributed by atoms with Crippen LogP contribution in [0.4, 0.5) is 0 Å². The second kappa shape index (κ2) is 17.7. The van der Waals surface area contributed by atoms with Gasteiger partial charge in [0.1, 0.15) is 24.2 Å². The van der Waals surface area contributed by atoms with Gasteiger partial charge in [-0.2, -0.15) is 11.8 Å². The molecule has 3 aliphatic rings. The lowest BCUT2D eigenvalue weighted by Gasteiger charge is -2.33. The van der Waals surface area contributed by atoms with Crippen molar-refractivity contribution in [2.24, 2.45) is 28.1 Å². The number of primary amides is 1. The summed E-state index contributed by atoms with van der Waals surface area (Å²) in [7, 11) is 0. The third-order valence-corrected chi connectivity index (χ3v) is 10.0. The Morgan fingerprint density at radius 1 is 1.02 bits per heavy atom. The van der Waals surface area contributed by atoms with Gasteiger partial charge in [0.2, 0.25) is 29.5 Å². The number of hydrogen-bond acceptors (Lipinski definition) is 7. The minimum Gasteiger partial charge on any atom is -0.370 e. The maximum absolute atomic E-state index is 14.0. The zero-order valence-electron chi connectivity index (χ0n) is 26.8. The molecule has 4 atom stereocenters. The maximum atomic E-state index is 14.0. The van der Waals surface area contributed by atoms with Gasteiger partial charge in [0.05, 0.1) is 0 Å². The van der Waals surface area contributed by atoms with E-state index in [2.05, 4.69) is 20.9 Å². The van der Waals surface area contributed by atoms with Crippen LogP contribution in [0, 0.1) is 5.92 Å². The van der Waals surface area contributed by atoms with Crippen LogP contribution in [0.1, 0.15) is 75.3 Å². The number of benzene rings is 1. The summed E-state index contributed by atoms with van der Waals surface area (Å²) in [6.45, 7) is 0.742. The van der Waals surface area contributed by atoms with Gasteiger partial charge < -0.3 is 38.1 Å². The molecule has 4 unspecified atom stereocenters. The highest BCUT2D eigenvalue weighted by molar-refractivity contribution is 7.98. The van der Waals surface area contributed by atoms with Gasteiger partial charge in [0.15, 0.2) is 5.96 Å². The van der Waals surface area contributed by atoms with Gasteiger partial charge in [-0.1, -0.05) is 55.7 Å². The van der Waals surface area contributed by atoms with E-state index < -0.39 is 41.9 Å². The molecule has 47 heavy (non-hydrogen) atoms. The number of nitrogens with zero attached hydrogens (tertiary/aromatic N) is 2. The average molecular weight is 669 g/mol. The topological polar surface area (TPSA) is 215 Å². The van der Waals surface area contributed by atoms with Gasteiger partial charge in [-0.25, -0.2) is 0 Å². The molecule has 1 aliphatic carbocycles. The summed E-state index contributed by atoms with van der Waals surface area (Å²) < 4.78 is 0. The summed E-state index contributed by atoms with van der Waals surface area (Å²) in [6.07, 6.45) is 10.2. The molecule has 13 nitrogen and oxygen atoms in total. The molecule has 4 rings (SSSR count). The summed E-state index contributed by atoms with van der Waals surface area (Å²) in [5.74, 6) is -1.64. The van der Waals surface area contributed by atoms with Crippen LogP contribution in [0.3, 0.4) is 0 Å². The first kappa shape index (κ1) is 35.8. The number of rotatable bonds is 8. The van der Waals surface area contributed by atoms with Gasteiger partial charge in [-0.3, -0.25) is 29.0 Å². The van der Waals surface area contributed by atoms with Crippen molar-refractivity contribution in [1.29, 1.82) is 0 Å². The van der Waals surface area contributed by atoms with Gasteiger partial charge in [0, 0.05) is 31.0 Å². The van der Waals surface area contributed by atoms with Crippen molar-refractivity contribution in [3.63, 3.8) is 0 Å². The highest BCUT2D eigenvalue weighted by atomic mass is 32.2. The van der Waals surface area contributed by atoms with Crippen molar-refractivity contribution in [2.45, 2.75) is 94.1 Å². The van der Waals surface area contributed by atoms with Crippen LogP contribution < -0.4 is 33.2 Å². The number of fused-ring (bicyclic) bond motifs is 3. The van der Waals surface area contributed by atoms with Crippen molar-refractivity contribution in [3.8, 4) is 0 Å². The second-order valence-corrected chi connectivity index (χ2v) is 13.5. The Morgan fingerprint density at radius 2 is 1.81 bits per heavy atom. The van der Waals surface area contributed by atoms with E-state index >= 15 is 0 Å². The number of guanidine groups is 1. The lowest BCUT2D eigenvalue weighted by molar-refractivity contribution is -0.140. The molecule has 0 aromatic heterocycles. The number of carbonyl (C=O) groups is 5. The Hall–Kier alpha value is -4.07. The standard InChI is InChI=1S/C33H48N8O5S/c34-29(43)24(13-6-16-37-33(35)36)38-30(44)25-20-47-19-22-10-4-8-21(18-22)9-5-15-27(42)41-17-7-14-26(41)31(45)40-28(32(46)39-25)23-11-2-1-3-12-23/h4-5,8-10,18,23-26,28H,1-3,6-7,11-17,19-20H2,(H2,34,43)(H,38,44)(H,39,46)(H,40,45)(H4,35,36,37). The van der Waals surface area contributed by atoms with Crippen LogP contribution >= 0.6 is 11.8 Å². The number of aliphatic imine (C=N–C) groups is 1. The largest absolute Gasteiger partial charge is 0.370 e. The Balaban J connectivity index is 1.60. The molecule has 2 bridgehead atoms. The molecule has 2 heterocycles. The minimum atomic E-state index is -1.01. The van der Waals surface area contributed by atoms with Crippen molar-refractivity contribution in [3.05, 3.63) is 41.5 Å². The minimum absolute atomic E-state index is 0.0740. The predicted octanol–water partition coefficient (Wildman–Crippen LogP) is 0.901. The molecule has 2 fully saturated rings. The van der Waals surface area contributed by atoms with Crippen molar-refractivity contribution >= 4 is 53.3 Å². The zero-order valence-corrected chi connectivity index (χ0v) is 27.6. The fraction of sp³-hybridized carbons (Fsp3) is 0.576. The Labute approximate surface area is 280 Å². The van der Waals surface area contributed by atoms with Gasteiger partial charge in [-0.05, 0) is 55.6 Å². The smallest absolute Gasteiger partial charge is 0.244 e. The van der Waals surface area contributed by atoms with E-state index in [1.807, 2.05) is 36.4 Å². The molecule has 5 amide bonds. The Kier molecular flexibility index (Phi) is 13.5. The number of nitrogens with one attached hydrogen (secondary N) is 3. The Bertz CT molecular complexity index is 1340. The molecule has 9 N–H and O–H groups in total. The van der Waals surface area contributed by atoms with Crippen LogP contribution in [0.5, 0.6) is 0 Å². The van der Waals surface area contributed by atoms with Crippen molar-refractivity contribution in [1.82, 2.24) is 20.9 Å². The van der Waals surface area contributed by atoms with Gasteiger partial charge in [0.25, 0.3) is 0 Å². The number of thioether (sulfide) groups is 1. The van der Waals surface area contributed by atoms with E-state index in [4.69, 9.17) is 17.2 Å². The van der Waals surface area contributed by atoms with E-state index in [0.29, 0.717) is 31.6 Å². The van der Waals surface area contributed by atoms with Crippen LogP contribution in [0.25, 0.3) is 6.08 Å². The molecular weight excluding hydrogens is 620 g/mol. The van der Waals surface area contributed by atoms with Crippen LogP contribution in [-0.4, -0.2) is 83.4 Å². The molecule has 1 saturated carbocycles. The summed E-state index contributed by atoms with van der Waals surface area (Å²) in [5.41, 5.74) is 18.3. The number of hydrogen-bond donors (Lipinski definition) is 6. The first-order valence-electron chi connectivity index (χ1n) is 16.5. The number of nitrogens with two attached hydrogens (primary N) is 3. The van der Waals surface area contributed by atoms with E-state index in [1.54, 1.807) is 4.90 Å². The zero-order chi connectivity index (χ0) is 33.8. The molecule has 1 aromatic rings. The van der Waals surface area contributed by atoms with Crippen LogP contribution in [0.15, 0.2) is 35.3 Å². The van der Waals surface area contributed by atoms with E-state index in [1.165, 1.54) is 11.8 Å². The molecule has 14 heteroatoms. The molecule has 256 valence electrons. The van der Waals surface area contributed by atoms with Crippen molar-refractivity contribution in [2.75, 3.05) is 18.8 Å². The summed E-state index contributed by atoms with van der Waals surface area (Å²) in [6, 6.07) is 4.32. The highest BCUT2D eigenvalue weighted by Crippen LogP contribution is 2.28. The van der Waals surface area contributed by atoms with Crippen LogP contribution in [-0.2, 0) is 29.7 Å². The van der Waals surface area contributed by atoms with Gasteiger partial charge >= 0.3 is 0 Å². The quantitative estimate of drug-likeness (QED) is 0.133. The first-order chi connectivity index (χ1) is 22.6. The lowest BCUT2D eigenvalue weighted by Crippen LogP contribution is -2.60. The second-order valence-electron chi connectivity index (χ2n) is 12.5. The predicted molar refractivity (Wildman–Crippen MR) is 182 cm³/mol. The third-order valence-electron chi connectivity index (χ3n) is 8.92. The fourth-order valence-electron chi connectivity index (χ4n) is 6.45. The normalized spacial score (nSPS) is 23.8. The SMILES string of the molecule is NC(=O)C(CCCN=C(N)N)NC(=O)C1CSCc2cccc(c2)C=CCC(=O)N2CCCC2C(=O)NC(C2CCCCC2)C(=O)N1. The molecule has 1 saturated heterocycles. The van der Waals surface area contributed by atoms with E-state index in [-0.39, 0.29) is 48.8 Å². The molecular formula is C33H48N8O5S. The van der Waals surface area contributed by atoms with Crippen LogP contribution in [0.2, 0.25) is 0 Å². The Morgan fingerprint density at radius 3 is 2.55 bits per heavy atom. The number of carbonyl (C=O) groups excluding carboxylic acids is 5. The van der Waals surface area contributed by atoms with Gasteiger partial charge in [-0.15, -0.1) is 0 Å². The van der Waals surface area contributed by atoms with E-state index in [9.17, 15) is 24.0 Å². The molecule has 0 radical (unpaired) electrons. The average Bonchev–Trinajstić information content (AvgIpc) is 3.55. The maximum Gasteiger partial charge on any atom is 0.244 e.